The van der Waals surface area contributed by atoms with Crippen LogP contribution in [0.3, 0.4) is 0 Å². The molecule has 0 saturated heterocycles. The Balaban J connectivity index is 0.000000226. The van der Waals surface area contributed by atoms with Gasteiger partial charge in [0.25, 0.3) is 11.9 Å². The molecule has 2 aliphatic heterocycles. The number of aliphatic carboxylic acids is 2. The largest absolute Gasteiger partial charge is 0.481 e. The van der Waals surface area contributed by atoms with Gasteiger partial charge < -0.3 is 32.5 Å². The topological polar surface area (TPSA) is 118 Å². The number of carbonyl (C=O) groups is 2. The fourth-order valence-corrected chi connectivity index (χ4v) is 11.9. The number of hydrogen-bond acceptors (Lipinski definition) is 6. The van der Waals surface area contributed by atoms with Crippen molar-refractivity contribution in [1.82, 2.24) is 0 Å². The molecule has 14 rings (SSSR count). The van der Waals surface area contributed by atoms with Gasteiger partial charge >= 0.3 is 0 Å². The molecule has 0 spiro atoms. The standard InChI is InChI=1S/2C28H20.2C11H18NO.2C2H4O2.2Co.2Pd/c2*1-5-13-21(14-6-1)25-26(22-15-7-2-8-16-22)28(24-19-11-4-12-20-24)27(25)23-17-9-3-10-18-23;2*1-8(2)10-7-13-11(12-10)9-5-3-4-6-9;2*1-2(3)4;;;;/h2*1-20H;2*5,8-10H,3-4,6-7H2,1-2H3;2*1H3,(H,3,4);;;;/q;;2*-1;;;;;;/t;;2*9?,10-;;;;;;/m..11....../s1. The molecule has 2 fully saturated rings. The first kappa shape index (κ1) is 77.6. The van der Waals surface area contributed by atoms with Gasteiger partial charge in [0, 0.05) is 88.3 Å². The maximum Gasteiger partial charge on any atom is 0.300 e. The summed E-state index contributed by atoms with van der Waals surface area (Å²) in [6.45, 7) is 12.6. The zero-order valence-corrected chi connectivity index (χ0v) is 59.3. The Kier molecular flexibility index (Phi) is 32.8. The van der Waals surface area contributed by atoms with Gasteiger partial charge in [0.15, 0.2) is 11.8 Å². The maximum atomic E-state index is 9.00. The maximum absolute atomic E-state index is 9.00. The van der Waals surface area contributed by atoms with Crippen molar-refractivity contribution < 1.29 is 104 Å². The summed E-state index contributed by atoms with van der Waals surface area (Å²) < 4.78 is 11.3. The molecule has 0 aromatic heterocycles. The Hall–Kier alpha value is -7.06. The Labute approximate surface area is 606 Å². The van der Waals surface area contributed by atoms with Gasteiger partial charge in [0.1, 0.15) is 13.2 Å². The molecule has 4 aliphatic carbocycles. The third kappa shape index (κ3) is 21.0. The van der Waals surface area contributed by atoms with Gasteiger partial charge in [-0.3, -0.25) is 19.6 Å². The second kappa shape index (κ2) is 39.7. The molecule has 6 aliphatic rings. The Morgan fingerprint density at radius 2 is 0.532 bits per heavy atom. The smallest absolute Gasteiger partial charge is 0.300 e. The first-order chi connectivity index (χ1) is 43.9. The average molecular weight is 1520 g/mol. The minimum absolute atomic E-state index is 0. The van der Waals surface area contributed by atoms with Gasteiger partial charge in [-0.1, -0.05) is 308 Å². The fraction of sp³-hybridized carbons (Fsp3) is 0.244. The van der Waals surface area contributed by atoms with Crippen LogP contribution in [-0.4, -0.2) is 59.2 Å². The van der Waals surface area contributed by atoms with Crippen molar-refractivity contribution in [2.75, 3.05) is 13.2 Å². The monoisotopic (exact) mass is 1520 g/mol. The van der Waals surface area contributed by atoms with Crippen molar-refractivity contribution in [3.05, 3.63) is 300 Å². The first-order valence-electron chi connectivity index (χ1n) is 31.8. The zero-order chi connectivity index (χ0) is 63.2. The van der Waals surface area contributed by atoms with E-state index in [1.807, 2.05) is 0 Å². The summed E-state index contributed by atoms with van der Waals surface area (Å²) in [5.41, 5.74) is 20.8. The Morgan fingerprint density at radius 3 is 0.660 bits per heavy atom. The van der Waals surface area contributed by atoms with E-state index in [-0.39, 0.29) is 74.4 Å². The van der Waals surface area contributed by atoms with Crippen LogP contribution in [0.4, 0.5) is 0 Å². The van der Waals surface area contributed by atoms with Gasteiger partial charge in [0.2, 0.25) is 0 Å². The van der Waals surface area contributed by atoms with Gasteiger partial charge in [0.05, 0.1) is 12.1 Å². The summed E-state index contributed by atoms with van der Waals surface area (Å²) in [5.74, 6) is 2.64. The van der Waals surface area contributed by atoms with E-state index >= 15 is 0 Å². The third-order valence-electron chi connectivity index (χ3n) is 16.4. The molecule has 8 aromatic carbocycles. The van der Waals surface area contributed by atoms with Crippen LogP contribution in [0.5, 0.6) is 0 Å². The summed E-state index contributed by atoms with van der Waals surface area (Å²) in [6.07, 6.45) is 12.3. The van der Waals surface area contributed by atoms with Crippen molar-refractivity contribution in [3.63, 3.8) is 0 Å². The summed E-state index contributed by atoms with van der Waals surface area (Å²) in [5, 5.41) is 14.8. The number of nitrogens with zero attached hydrogens (tertiary/aromatic N) is 2. The van der Waals surface area contributed by atoms with E-state index in [4.69, 9.17) is 29.3 Å². The molecular weight excluding hydrogens is 1440 g/mol. The molecule has 2 N–H and O–H groups in total. The first-order valence-corrected chi connectivity index (χ1v) is 31.8. The molecule has 2 saturated carbocycles. The second-order valence-electron chi connectivity index (χ2n) is 23.7. The summed E-state index contributed by atoms with van der Waals surface area (Å²) in [4.78, 5) is 27.3. The molecule has 2 radical (unpaired) electrons. The van der Waals surface area contributed by atoms with Crippen LogP contribution in [0.25, 0.3) is 44.6 Å². The van der Waals surface area contributed by atoms with Crippen LogP contribution >= 0.6 is 0 Å². The molecule has 12 heteroatoms. The molecule has 498 valence electrons. The van der Waals surface area contributed by atoms with Crippen LogP contribution in [0.2, 0.25) is 0 Å². The van der Waals surface area contributed by atoms with E-state index in [0.717, 1.165) is 38.9 Å². The number of ether oxygens (including phenoxy) is 2. The number of carboxylic acid groups (broad SMARTS) is 2. The van der Waals surface area contributed by atoms with Gasteiger partial charge in [-0.05, 0) is 101 Å². The van der Waals surface area contributed by atoms with Gasteiger partial charge in [-0.25, -0.2) is 0 Å². The number of aliphatic imine (C=N–C) groups is 2. The van der Waals surface area contributed by atoms with E-state index in [0.29, 0.717) is 35.8 Å². The van der Waals surface area contributed by atoms with E-state index in [1.54, 1.807) is 0 Å². The van der Waals surface area contributed by atoms with E-state index < -0.39 is 11.9 Å². The number of hydrogen-bond donors (Lipinski definition) is 2. The van der Waals surface area contributed by atoms with E-state index in [2.05, 4.69) is 293 Å². The van der Waals surface area contributed by atoms with Crippen LogP contribution in [0.15, 0.2) is 253 Å². The molecular formula is C82H84Co2N2O6Pd2-2. The Bertz CT molecular complexity index is 3130. The van der Waals surface area contributed by atoms with Crippen LogP contribution in [0.1, 0.15) is 125 Å². The van der Waals surface area contributed by atoms with E-state index in [1.165, 1.54) is 128 Å². The quantitative estimate of drug-likeness (QED) is 0.0929. The van der Waals surface area contributed by atoms with Crippen LogP contribution in [-0.2, 0) is 93.5 Å². The third-order valence-corrected chi connectivity index (χ3v) is 16.4. The predicted octanol–water partition coefficient (Wildman–Crippen LogP) is 19.5. The average Bonchev–Trinajstić information content (AvgIpc) is 0.885. The predicted molar refractivity (Wildman–Crippen MR) is 373 cm³/mol. The van der Waals surface area contributed by atoms with E-state index in [9.17, 15) is 0 Å². The van der Waals surface area contributed by atoms with Crippen molar-refractivity contribution in [2.45, 2.75) is 92.2 Å². The molecule has 2 heterocycles. The summed E-state index contributed by atoms with van der Waals surface area (Å²) in [6, 6.07) is 86.7. The van der Waals surface area contributed by atoms with Gasteiger partial charge in [-0.2, -0.15) is 12.8 Å². The SMILES string of the molecule is CC(=O)O.CC(=O)O.CC(C)[C@H]1COC(C2[CH-]CCC2)=N1.CC(C)[C@H]1COC(C2[CH-]CCC2)=N1.[Co].[Co].[Pd].[Pd].c1ccc(C2=C(c3ccccc3)C(c3ccccc3)=C2c2ccccc2)cc1.c1ccc(C2=C(c3ccccc3)C(c3ccccc3)=C2c2ccccc2)cc1. The molecule has 4 atom stereocenters. The van der Waals surface area contributed by atoms with Crippen molar-refractivity contribution >= 4 is 68.3 Å². The van der Waals surface area contributed by atoms with Crippen molar-refractivity contribution in [1.29, 1.82) is 0 Å². The van der Waals surface area contributed by atoms with Crippen molar-refractivity contribution in [3.8, 4) is 0 Å². The zero-order valence-electron chi connectivity index (χ0n) is 54.1. The number of carboxylic acids is 2. The van der Waals surface area contributed by atoms with Crippen molar-refractivity contribution in [2.24, 2.45) is 33.7 Å². The normalized spacial score (nSPS) is 17.8. The minimum atomic E-state index is -0.833. The number of benzene rings is 8. The summed E-state index contributed by atoms with van der Waals surface area (Å²) in [7, 11) is 0. The minimum Gasteiger partial charge on any atom is -0.481 e. The molecule has 2 unspecified atom stereocenters. The molecule has 8 nitrogen and oxygen atoms in total. The van der Waals surface area contributed by atoms with Crippen LogP contribution < -0.4 is 0 Å². The summed E-state index contributed by atoms with van der Waals surface area (Å²) >= 11 is 0. The molecule has 0 amide bonds. The number of allylic oxidation sites excluding steroid dienone is 8. The fourth-order valence-electron chi connectivity index (χ4n) is 11.9. The second-order valence-corrected chi connectivity index (χ2v) is 23.7. The molecule has 0 bridgehead atoms. The van der Waals surface area contributed by atoms with Crippen LogP contribution in [0, 0.1) is 36.5 Å². The molecule has 8 aromatic rings. The molecule has 94 heavy (non-hydrogen) atoms. The Morgan fingerprint density at radius 1 is 0.362 bits per heavy atom. The van der Waals surface area contributed by atoms with Gasteiger partial charge in [-0.15, -0.1) is 0 Å². The number of rotatable bonds is 12.